The first-order valence-electron chi connectivity index (χ1n) is 3.46. The van der Waals surface area contributed by atoms with Gasteiger partial charge < -0.3 is 10.5 Å². The Morgan fingerprint density at radius 2 is 2.45 bits per heavy atom. The standard InChI is InChI=1S/C8H10N2O/c9-8-3-4-10-6-7(8)2-1-5-11/h3-6H,1-2H2,(H2,9,10). The Morgan fingerprint density at radius 3 is 3.09 bits per heavy atom. The van der Waals surface area contributed by atoms with Crippen LogP contribution in [0.5, 0.6) is 0 Å². The van der Waals surface area contributed by atoms with Crippen molar-refractivity contribution in [2.45, 2.75) is 12.8 Å². The Hall–Kier alpha value is -1.38. The number of aromatic nitrogens is 1. The van der Waals surface area contributed by atoms with Crippen LogP contribution >= 0.6 is 0 Å². The fraction of sp³-hybridized carbons (Fsp3) is 0.250. The lowest BCUT2D eigenvalue weighted by atomic mass is 10.1. The molecule has 58 valence electrons. The molecule has 1 rings (SSSR count). The normalized spacial score (nSPS) is 9.45. The third kappa shape index (κ3) is 2.04. The summed E-state index contributed by atoms with van der Waals surface area (Å²) in [7, 11) is 0. The van der Waals surface area contributed by atoms with Gasteiger partial charge in [-0.3, -0.25) is 4.98 Å². The number of nitrogens with two attached hydrogens (primary N) is 1. The van der Waals surface area contributed by atoms with Gasteiger partial charge in [0.15, 0.2) is 0 Å². The summed E-state index contributed by atoms with van der Waals surface area (Å²) < 4.78 is 0. The van der Waals surface area contributed by atoms with Gasteiger partial charge >= 0.3 is 0 Å². The van der Waals surface area contributed by atoms with Gasteiger partial charge in [-0.05, 0) is 18.1 Å². The largest absolute Gasteiger partial charge is 0.398 e. The van der Waals surface area contributed by atoms with Gasteiger partial charge in [-0.15, -0.1) is 0 Å². The average molecular weight is 150 g/mol. The van der Waals surface area contributed by atoms with E-state index in [0.717, 1.165) is 11.8 Å². The van der Waals surface area contributed by atoms with Gasteiger partial charge in [-0.25, -0.2) is 0 Å². The zero-order valence-electron chi connectivity index (χ0n) is 6.16. The minimum atomic E-state index is 0.510. The molecule has 3 heteroatoms. The summed E-state index contributed by atoms with van der Waals surface area (Å²) in [6.07, 6.45) is 5.41. The number of pyridine rings is 1. The Kier molecular flexibility index (Phi) is 2.60. The number of anilines is 1. The van der Waals surface area contributed by atoms with E-state index in [1.165, 1.54) is 0 Å². The van der Waals surface area contributed by atoms with Crippen molar-refractivity contribution < 1.29 is 4.79 Å². The molecule has 0 unspecified atom stereocenters. The van der Waals surface area contributed by atoms with Crippen LogP contribution in [0.4, 0.5) is 5.69 Å². The first kappa shape index (κ1) is 7.72. The smallest absolute Gasteiger partial charge is 0.120 e. The molecule has 0 saturated heterocycles. The first-order chi connectivity index (χ1) is 5.34. The summed E-state index contributed by atoms with van der Waals surface area (Å²) in [6.45, 7) is 0. The number of nitrogens with zero attached hydrogens (tertiary/aromatic N) is 1. The molecule has 1 aromatic rings. The molecule has 1 heterocycles. The van der Waals surface area contributed by atoms with E-state index in [-0.39, 0.29) is 0 Å². The third-order valence-electron chi connectivity index (χ3n) is 1.47. The lowest BCUT2D eigenvalue weighted by Crippen LogP contribution is -1.95. The lowest BCUT2D eigenvalue weighted by Gasteiger charge is -1.99. The lowest BCUT2D eigenvalue weighted by molar-refractivity contribution is -0.107. The Balaban J connectivity index is 2.69. The molecule has 0 saturated carbocycles. The molecule has 0 atom stereocenters. The van der Waals surface area contributed by atoms with Crippen molar-refractivity contribution in [1.82, 2.24) is 4.98 Å². The fourth-order valence-electron chi connectivity index (χ4n) is 0.861. The molecule has 0 bridgehead atoms. The number of aldehydes is 1. The minimum Gasteiger partial charge on any atom is -0.398 e. The van der Waals surface area contributed by atoms with E-state index in [4.69, 9.17) is 5.73 Å². The van der Waals surface area contributed by atoms with Gasteiger partial charge in [0.05, 0.1) is 0 Å². The highest BCUT2D eigenvalue weighted by Gasteiger charge is 1.96. The average Bonchev–Trinajstić information content (AvgIpc) is 2.03. The van der Waals surface area contributed by atoms with Crippen LogP contribution in [-0.2, 0) is 11.2 Å². The number of carbonyl (C=O) groups is 1. The zero-order chi connectivity index (χ0) is 8.10. The highest BCUT2D eigenvalue weighted by atomic mass is 16.1. The number of rotatable bonds is 3. The van der Waals surface area contributed by atoms with Crippen molar-refractivity contribution in [3.05, 3.63) is 24.0 Å². The monoisotopic (exact) mass is 150 g/mol. The van der Waals surface area contributed by atoms with Gasteiger partial charge in [0.2, 0.25) is 0 Å². The Bertz CT molecular complexity index is 248. The van der Waals surface area contributed by atoms with Crippen molar-refractivity contribution in [1.29, 1.82) is 0 Å². The highest BCUT2D eigenvalue weighted by Crippen LogP contribution is 2.09. The predicted molar refractivity (Wildman–Crippen MR) is 43.0 cm³/mol. The molecule has 0 spiro atoms. The number of hydrogen-bond acceptors (Lipinski definition) is 3. The molecule has 0 amide bonds. The second-order valence-electron chi connectivity index (χ2n) is 2.28. The van der Waals surface area contributed by atoms with Gasteiger partial charge in [0.1, 0.15) is 6.29 Å². The molecule has 1 aromatic heterocycles. The summed E-state index contributed by atoms with van der Waals surface area (Å²) in [4.78, 5) is 13.9. The molecule has 0 aliphatic rings. The summed E-state index contributed by atoms with van der Waals surface area (Å²) in [5.41, 5.74) is 7.26. The third-order valence-corrected chi connectivity index (χ3v) is 1.47. The van der Waals surface area contributed by atoms with Crippen LogP contribution < -0.4 is 5.73 Å². The second kappa shape index (κ2) is 3.71. The maximum Gasteiger partial charge on any atom is 0.120 e. The molecule has 3 nitrogen and oxygen atoms in total. The van der Waals surface area contributed by atoms with E-state index in [1.807, 2.05) is 0 Å². The van der Waals surface area contributed by atoms with Crippen molar-refractivity contribution in [3.8, 4) is 0 Å². The number of aryl methyl sites for hydroxylation is 1. The molecule has 0 fully saturated rings. The van der Waals surface area contributed by atoms with E-state index in [0.29, 0.717) is 18.5 Å². The van der Waals surface area contributed by atoms with E-state index >= 15 is 0 Å². The molecule has 0 aliphatic carbocycles. The molecule has 2 N–H and O–H groups in total. The van der Waals surface area contributed by atoms with Crippen molar-refractivity contribution in [2.24, 2.45) is 0 Å². The molecular formula is C8H10N2O. The molecule has 0 radical (unpaired) electrons. The van der Waals surface area contributed by atoms with Crippen molar-refractivity contribution in [2.75, 3.05) is 5.73 Å². The predicted octanol–water partition coefficient (Wildman–Crippen LogP) is 0.795. The highest BCUT2D eigenvalue weighted by molar-refractivity contribution is 5.52. The summed E-state index contributed by atoms with van der Waals surface area (Å²) in [6, 6.07) is 1.74. The number of hydrogen-bond donors (Lipinski definition) is 1. The summed E-state index contributed by atoms with van der Waals surface area (Å²) >= 11 is 0. The quantitative estimate of drug-likeness (QED) is 0.648. The van der Waals surface area contributed by atoms with Crippen LogP contribution in [0.3, 0.4) is 0 Å². The second-order valence-corrected chi connectivity index (χ2v) is 2.28. The van der Waals surface area contributed by atoms with Crippen LogP contribution in [0, 0.1) is 0 Å². The van der Waals surface area contributed by atoms with Crippen molar-refractivity contribution >= 4 is 12.0 Å². The number of carbonyl (C=O) groups excluding carboxylic acids is 1. The van der Waals surface area contributed by atoms with Crippen LogP contribution in [0.15, 0.2) is 18.5 Å². The summed E-state index contributed by atoms with van der Waals surface area (Å²) in [5.74, 6) is 0. The topological polar surface area (TPSA) is 56.0 Å². The van der Waals surface area contributed by atoms with Gasteiger partial charge in [0, 0.05) is 24.5 Å². The maximum absolute atomic E-state index is 10.0. The first-order valence-corrected chi connectivity index (χ1v) is 3.46. The Morgan fingerprint density at radius 1 is 1.64 bits per heavy atom. The zero-order valence-corrected chi connectivity index (χ0v) is 6.16. The van der Waals surface area contributed by atoms with E-state index < -0.39 is 0 Å². The van der Waals surface area contributed by atoms with Crippen LogP contribution in [-0.4, -0.2) is 11.3 Å². The van der Waals surface area contributed by atoms with Crippen LogP contribution in [0.1, 0.15) is 12.0 Å². The molecule has 0 aliphatic heterocycles. The molecule has 11 heavy (non-hydrogen) atoms. The maximum atomic E-state index is 10.0. The molecular weight excluding hydrogens is 140 g/mol. The summed E-state index contributed by atoms with van der Waals surface area (Å²) in [5, 5.41) is 0. The molecule has 0 aromatic carbocycles. The van der Waals surface area contributed by atoms with E-state index in [2.05, 4.69) is 4.98 Å². The fourth-order valence-corrected chi connectivity index (χ4v) is 0.861. The minimum absolute atomic E-state index is 0.510. The SMILES string of the molecule is Nc1ccncc1CCC=O. The van der Waals surface area contributed by atoms with Gasteiger partial charge in [0.25, 0.3) is 0 Å². The number of nitrogen functional groups attached to an aromatic ring is 1. The van der Waals surface area contributed by atoms with E-state index in [9.17, 15) is 4.79 Å². The van der Waals surface area contributed by atoms with Crippen LogP contribution in [0.2, 0.25) is 0 Å². The Labute approximate surface area is 65.2 Å². The van der Waals surface area contributed by atoms with Gasteiger partial charge in [-0.1, -0.05) is 0 Å². The van der Waals surface area contributed by atoms with E-state index in [1.54, 1.807) is 18.5 Å². The van der Waals surface area contributed by atoms with Crippen molar-refractivity contribution in [3.63, 3.8) is 0 Å². The van der Waals surface area contributed by atoms with Crippen LogP contribution in [0.25, 0.3) is 0 Å². The van der Waals surface area contributed by atoms with Gasteiger partial charge in [-0.2, -0.15) is 0 Å².